The summed E-state index contributed by atoms with van der Waals surface area (Å²) in [6, 6.07) is 8.09. The van der Waals surface area contributed by atoms with Crippen LogP contribution in [-0.2, 0) is 23.1 Å². The van der Waals surface area contributed by atoms with Gasteiger partial charge in [0.2, 0.25) is 0 Å². The molecule has 1 aromatic heterocycles. The van der Waals surface area contributed by atoms with Gasteiger partial charge in [0.05, 0.1) is 12.9 Å². The molecule has 0 aliphatic carbocycles. The van der Waals surface area contributed by atoms with E-state index in [2.05, 4.69) is 35.9 Å². The smallest absolute Gasteiger partial charge is 0.262 e. The Hall–Kier alpha value is -1.90. The number of rotatable bonds is 8. The topological polar surface area (TPSA) is 67.7 Å². The normalized spacial score (nSPS) is 16.6. The third-order valence-electron chi connectivity index (χ3n) is 4.76. The summed E-state index contributed by atoms with van der Waals surface area (Å²) in [5, 5.41) is 0.146. The van der Waals surface area contributed by atoms with Crippen molar-refractivity contribution in [1.29, 1.82) is 0 Å². The highest BCUT2D eigenvalue weighted by Crippen LogP contribution is 2.18. The molecule has 1 fully saturated rings. The summed E-state index contributed by atoms with van der Waals surface area (Å²) in [6.45, 7) is 10.8. The molecule has 2 aromatic rings. The third kappa shape index (κ3) is 5.12. The van der Waals surface area contributed by atoms with Crippen LogP contribution in [-0.4, -0.2) is 60.0 Å². The Morgan fingerprint density at radius 2 is 1.79 bits per heavy atom. The molecule has 7 nitrogen and oxygen atoms in total. The van der Waals surface area contributed by atoms with E-state index >= 15 is 0 Å². The van der Waals surface area contributed by atoms with Gasteiger partial charge in [-0.1, -0.05) is 26.0 Å². The van der Waals surface area contributed by atoms with Crippen LogP contribution in [0.3, 0.4) is 0 Å². The van der Waals surface area contributed by atoms with Crippen LogP contribution in [0.1, 0.15) is 26.3 Å². The Balaban J connectivity index is 1.56. The van der Waals surface area contributed by atoms with Gasteiger partial charge in [0, 0.05) is 45.5 Å². The molecule has 28 heavy (non-hydrogen) atoms. The lowest BCUT2D eigenvalue weighted by Gasteiger charge is -2.33. The summed E-state index contributed by atoms with van der Waals surface area (Å²) < 4.78 is 34.6. The first-order valence-corrected chi connectivity index (χ1v) is 11.3. The molecule has 0 N–H and O–H groups in total. The first-order valence-electron chi connectivity index (χ1n) is 9.84. The summed E-state index contributed by atoms with van der Waals surface area (Å²) in [5.74, 6) is 1.31. The van der Waals surface area contributed by atoms with E-state index in [1.54, 1.807) is 16.8 Å². The van der Waals surface area contributed by atoms with E-state index in [-0.39, 0.29) is 5.03 Å². The lowest BCUT2D eigenvalue weighted by Crippen LogP contribution is -2.48. The largest absolute Gasteiger partial charge is 0.494 e. The van der Waals surface area contributed by atoms with E-state index in [9.17, 15) is 8.42 Å². The van der Waals surface area contributed by atoms with Gasteiger partial charge in [-0.25, -0.2) is 13.4 Å². The number of sulfonamides is 1. The van der Waals surface area contributed by atoms with Gasteiger partial charge in [-0.3, -0.25) is 4.90 Å². The second-order valence-electron chi connectivity index (χ2n) is 7.56. The zero-order valence-corrected chi connectivity index (χ0v) is 17.7. The fraction of sp³-hybridized carbons (Fsp3) is 0.550. The Morgan fingerprint density at radius 1 is 1.11 bits per heavy atom. The summed E-state index contributed by atoms with van der Waals surface area (Å²) in [5.41, 5.74) is 1.20. The first-order chi connectivity index (χ1) is 13.4. The maximum atomic E-state index is 12.9. The van der Waals surface area contributed by atoms with Crippen molar-refractivity contribution in [3.63, 3.8) is 0 Å². The molecule has 0 radical (unpaired) electrons. The van der Waals surface area contributed by atoms with E-state index in [0.29, 0.717) is 38.7 Å². The van der Waals surface area contributed by atoms with Gasteiger partial charge in [-0.2, -0.15) is 4.31 Å². The summed E-state index contributed by atoms with van der Waals surface area (Å²) in [6.07, 6.45) is 3.25. The van der Waals surface area contributed by atoms with Gasteiger partial charge >= 0.3 is 0 Å². The van der Waals surface area contributed by atoms with Crippen LogP contribution >= 0.6 is 0 Å². The number of nitrogens with zero attached hydrogens (tertiary/aromatic N) is 4. The predicted octanol–water partition coefficient (Wildman–Crippen LogP) is 2.44. The van der Waals surface area contributed by atoms with Crippen LogP contribution < -0.4 is 4.74 Å². The average molecular weight is 407 g/mol. The number of hydrogen-bond acceptors (Lipinski definition) is 5. The highest BCUT2D eigenvalue weighted by Gasteiger charge is 2.30. The zero-order chi connectivity index (χ0) is 20.1. The minimum Gasteiger partial charge on any atom is -0.494 e. The minimum absolute atomic E-state index is 0.146. The molecule has 0 atom stereocenters. The number of hydrogen-bond donors (Lipinski definition) is 0. The molecule has 1 aliphatic heterocycles. The maximum Gasteiger partial charge on any atom is 0.262 e. The number of imidazole rings is 1. The summed E-state index contributed by atoms with van der Waals surface area (Å²) in [4.78, 5) is 6.41. The van der Waals surface area contributed by atoms with Gasteiger partial charge in [0.15, 0.2) is 5.03 Å². The molecule has 0 amide bonds. The Bertz CT molecular complexity index is 854. The van der Waals surface area contributed by atoms with Gasteiger partial charge in [-0.05, 0) is 30.5 Å². The van der Waals surface area contributed by atoms with E-state index in [1.165, 1.54) is 5.56 Å². The van der Waals surface area contributed by atoms with Crippen molar-refractivity contribution in [3.05, 3.63) is 42.4 Å². The molecule has 1 aliphatic rings. The maximum absolute atomic E-state index is 12.9. The van der Waals surface area contributed by atoms with Crippen molar-refractivity contribution < 1.29 is 13.2 Å². The summed E-state index contributed by atoms with van der Waals surface area (Å²) >= 11 is 0. The highest BCUT2D eigenvalue weighted by molar-refractivity contribution is 7.89. The van der Waals surface area contributed by atoms with Crippen LogP contribution in [0.25, 0.3) is 0 Å². The van der Waals surface area contributed by atoms with Crippen molar-refractivity contribution in [2.45, 2.75) is 38.9 Å². The van der Waals surface area contributed by atoms with E-state index in [1.807, 2.05) is 23.6 Å². The standard InChI is InChI=1S/C20H30N4O3S/c1-4-27-19-7-5-18(6-8-19)14-22-9-11-24(12-10-22)28(25,26)20-15-23(16-21-20)13-17(2)3/h5-8,15-17H,4,9-14H2,1-3H3. The number of benzene rings is 1. The van der Waals surface area contributed by atoms with E-state index in [0.717, 1.165) is 18.8 Å². The lowest BCUT2D eigenvalue weighted by atomic mass is 10.2. The van der Waals surface area contributed by atoms with Crippen LogP contribution in [0.5, 0.6) is 5.75 Å². The quantitative estimate of drug-likeness (QED) is 0.674. The second kappa shape index (κ2) is 9.07. The van der Waals surface area contributed by atoms with Crippen LogP contribution in [0, 0.1) is 5.92 Å². The van der Waals surface area contributed by atoms with Crippen LogP contribution in [0.4, 0.5) is 0 Å². The van der Waals surface area contributed by atoms with Gasteiger partial charge < -0.3 is 9.30 Å². The van der Waals surface area contributed by atoms with Gasteiger partial charge in [-0.15, -0.1) is 0 Å². The summed E-state index contributed by atoms with van der Waals surface area (Å²) in [7, 11) is -3.53. The highest BCUT2D eigenvalue weighted by atomic mass is 32.2. The van der Waals surface area contributed by atoms with Crippen molar-refractivity contribution in [3.8, 4) is 5.75 Å². The van der Waals surface area contributed by atoms with Crippen LogP contribution in [0.15, 0.2) is 41.8 Å². The van der Waals surface area contributed by atoms with Crippen molar-refractivity contribution in [1.82, 2.24) is 18.8 Å². The molecule has 0 unspecified atom stereocenters. The fourth-order valence-electron chi connectivity index (χ4n) is 3.37. The second-order valence-corrected chi connectivity index (χ2v) is 9.44. The minimum atomic E-state index is -3.53. The number of piperazine rings is 1. The molecule has 0 spiro atoms. The van der Waals surface area contributed by atoms with E-state index in [4.69, 9.17) is 4.74 Å². The van der Waals surface area contributed by atoms with Crippen molar-refractivity contribution in [2.24, 2.45) is 5.92 Å². The Kier molecular flexibility index (Phi) is 6.74. The molecule has 2 heterocycles. The Morgan fingerprint density at radius 3 is 2.39 bits per heavy atom. The number of ether oxygens (including phenoxy) is 1. The molecule has 0 saturated carbocycles. The molecule has 1 saturated heterocycles. The number of aromatic nitrogens is 2. The molecular formula is C20H30N4O3S. The molecule has 8 heteroatoms. The SMILES string of the molecule is CCOc1ccc(CN2CCN(S(=O)(=O)c3cn(CC(C)C)cn3)CC2)cc1. The predicted molar refractivity (Wildman–Crippen MR) is 109 cm³/mol. The van der Waals surface area contributed by atoms with Gasteiger partial charge in [0.1, 0.15) is 5.75 Å². The third-order valence-corrected chi connectivity index (χ3v) is 6.55. The molecule has 3 rings (SSSR count). The molecular weight excluding hydrogens is 376 g/mol. The molecule has 154 valence electrons. The molecule has 1 aromatic carbocycles. The lowest BCUT2D eigenvalue weighted by molar-refractivity contribution is 0.181. The molecule has 0 bridgehead atoms. The monoisotopic (exact) mass is 406 g/mol. The average Bonchev–Trinajstić information content (AvgIpc) is 3.13. The van der Waals surface area contributed by atoms with Gasteiger partial charge in [0.25, 0.3) is 10.0 Å². The fourth-order valence-corrected chi connectivity index (χ4v) is 4.73. The van der Waals surface area contributed by atoms with E-state index < -0.39 is 10.0 Å². The van der Waals surface area contributed by atoms with Crippen molar-refractivity contribution in [2.75, 3.05) is 32.8 Å². The first kappa shape index (κ1) is 20.8. The van der Waals surface area contributed by atoms with Crippen molar-refractivity contribution >= 4 is 10.0 Å². The zero-order valence-electron chi connectivity index (χ0n) is 16.9. The van der Waals surface area contributed by atoms with Crippen LogP contribution in [0.2, 0.25) is 0 Å². The Labute approximate surface area is 168 Å².